The number of pyridine rings is 1. The van der Waals surface area contributed by atoms with Gasteiger partial charge in [0.1, 0.15) is 5.75 Å². The third-order valence-electron chi connectivity index (χ3n) is 4.94. The van der Waals surface area contributed by atoms with E-state index < -0.39 is 0 Å². The molecule has 4 rings (SSSR count). The van der Waals surface area contributed by atoms with E-state index in [1.807, 2.05) is 24.4 Å². The molecule has 4 nitrogen and oxygen atoms in total. The average Bonchev–Trinajstić information content (AvgIpc) is 2.77. The van der Waals surface area contributed by atoms with Crippen LogP contribution in [0.5, 0.6) is 5.75 Å². The summed E-state index contributed by atoms with van der Waals surface area (Å²) in [6.07, 6.45) is 3.67. The number of fused-ring (bicyclic) bond motifs is 1. The number of aromatic hydroxyl groups is 1. The molecule has 29 heavy (non-hydrogen) atoms. The van der Waals surface area contributed by atoms with Crippen LogP contribution in [0, 0.1) is 0 Å². The summed E-state index contributed by atoms with van der Waals surface area (Å²) < 4.78 is 0. The second kappa shape index (κ2) is 8.57. The minimum absolute atomic E-state index is 0.121. The molecule has 0 unspecified atom stereocenters. The molecule has 3 aromatic carbocycles. The summed E-state index contributed by atoms with van der Waals surface area (Å²) in [5.74, 6) is 0.0358. The van der Waals surface area contributed by atoms with Gasteiger partial charge in [-0.1, -0.05) is 42.5 Å². The zero-order chi connectivity index (χ0) is 20.1. The number of carbonyl (C=O) groups excluding carboxylic acids is 1. The van der Waals surface area contributed by atoms with Crippen molar-refractivity contribution >= 4 is 16.8 Å². The van der Waals surface area contributed by atoms with Crippen LogP contribution in [-0.4, -0.2) is 22.5 Å². The second-order valence-corrected chi connectivity index (χ2v) is 7.02. The molecule has 1 aromatic heterocycles. The van der Waals surface area contributed by atoms with Crippen molar-refractivity contribution < 1.29 is 9.90 Å². The fraction of sp³-hybridized carbons (Fsp3) is 0.120. The Bertz CT molecular complexity index is 1120. The van der Waals surface area contributed by atoms with Crippen molar-refractivity contribution in [1.29, 1.82) is 0 Å². The number of aromatic nitrogens is 1. The molecule has 4 heteroatoms. The third kappa shape index (κ3) is 4.61. The maximum Gasteiger partial charge on any atom is 0.251 e. The number of benzene rings is 3. The molecule has 0 saturated carbocycles. The highest BCUT2D eigenvalue weighted by Gasteiger charge is 2.05. The van der Waals surface area contributed by atoms with E-state index in [0.29, 0.717) is 12.1 Å². The van der Waals surface area contributed by atoms with Gasteiger partial charge in [0, 0.05) is 29.3 Å². The molecule has 0 aliphatic rings. The van der Waals surface area contributed by atoms with E-state index >= 15 is 0 Å². The Morgan fingerprint density at radius 2 is 1.66 bits per heavy atom. The topological polar surface area (TPSA) is 62.2 Å². The van der Waals surface area contributed by atoms with E-state index in [1.54, 1.807) is 12.1 Å². The Morgan fingerprint density at radius 1 is 0.897 bits per heavy atom. The van der Waals surface area contributed by atoms with Gasteiger partial charge in [-0.25, -0.2) is 0 Å². The minimum atomic E-state index is -0.121. The summed E-state index contributed by atoms with van der Waals surface area (Å²) in [7, 11) is 0. The molecule has 0 atom stereocenters. The van der Waals surface area contributed by atoms with Gasteiger partial charge >= 0.3 is 0 Å². The first-order valence-corrected chi connectivity index (χ1v) is 9.70. The molecule has 0 spiro atoms. The van der Waals surface area contributed by atoms with Crippen LogP contribution in [0.1, 0.15) is 22.3 Å². The van der Waals surface area contributed by atoms with Gasteiger partial charge < -0.3 is 10.4 Å². The number of hydrogen-bond acceptors (Lipinski definition) is 3. The van der Waals surface area contributed by atoms with E-state index in [1.165, 1.54) is 17.7 Å². The molecule has 0 fully saturated rings. The van der Waals surface area contributed by atoms with E-state index in [9.17, 15) is 9.90 Å². The molecule has 0 bridgehead atoms. The van der Waals surface area contributed by atoms with Crippen molar-refractivity contribution in [3.05, 3.63) is 96.2 Å². The molecular weight excluding hydrogens is 360 g/mol. The molecule has 144 valence electrons. The summed E-state index contributed by atoms with van der Waals surface area (Å²) in [5, 5.41) is 13.3. The fourth-order valence-corrected chi connectivity index (χ4v) is 3.30. The van der Waals surface area contributed by atoms with Crippen LogP contribution >= 0.6 is 0 Å². The van der Waals surface area contributed by atoms with Crippen molar-refractivity contribution in [1.82, 2.24) is 10.3 Å². The highest BCUT2D eigenvalue weighted by atomic mass is 16.3. The average molecular weight is 382 g/mol. The molecule has 4 aromatic rings. The Labute approximate surface area is 169 Å². The van der Waals surface area contributed by atoms with Gasteiger partial charge in [-0.3, -0.25) is 9.78 Å². The summed E-state index contributed by atoms with van der Waals surface area (Å²) in [6.45, 7) is 0.607. The zero-order valence-electron chi connectivity index (χ0n) is 16.0. The van der Waals surface area contributed by atoms with Crippen molar-refractivity contribution in [2.75, 3.05) is 6.54 Å². The molecular formula is C25H22N2O2. The highest BCUT2D eigenvalue weighted by molar-refractivity contribution is 5.94. The van der Waals surface area contributed by atoms with E-state index in [2.05, 4.69) is 46.7 Å². The first-order valence-electron chi connectivity index (χ1n) is 9.70. The molecule has 1 heterocycles. The van der Waals surface area contributed by atoms with Crippen molar-refractivity contribution in [2.45, 2.75) is 12.8 Å². The van der Waals surface area contributed by atoms with Gasteiger partial charge in [0.25, 0.3) is 5.91 Å². The second-order valence-electron chi connectivity index (χ2n) is 7.02. The van der Waals surface area contributed by atoms with Crippen molar-refractivity contribution in [2.24, 2.45) is 0 Å². The smallest absolute Gasteiger partial charge is 0.251 e. The van der Waals surface area contributed by atoms with Gasteiger partial charge in [-0.05, 0) is 60.4 Å². The van der Waals surface area contributed by atoms with Crippen LogP contribution in [0.3, 0.4) is 0 Å². The number of aryl methyl sites for hydroxylation is 1. The zero-order valence-corrected chi connectivity index (χ0v) is 16.0. The highest BCUT2D eigenvalue weighted by Crippen LogP contribution is 2.23. The number of phenols is 1. The molecule has 0 saturated heterocycles. The van der Waals surface area contributed by atoms with Gasteiger partial charge in [0.05, 0.1) is 5.52 Å². The standard InChI is InChI=1S/C25H22N2O2/c28-23-13-11-20(12-14-23)25(29)26-15-3-4-18-7-9-19(10-8-18)22-16-21-5-1-2-6-24(21)27-17-22/h1-2,5-14,16-17,28H,3-4,15H2,(H,26,29). The quantitative estimate of drug-likeness (QED) is 0.463. The monoisotopic (exact) mass is 382 g/mol. The number of rotatable bonds is 6. The number of para-hydroxylation sites is 1. The number of carbonyl (C=O) groups is 1. The fourth-order valence-electron chi connectivity index (χ4n) is 3.30. The maximum absolute atomic E-state index is 12.1. The SMILES string of the molecule is O=C(NCCCc1ccc(-c2cnc3ccccc3c2)cc1)c1ccc(O)cc1. The Balaban J connectivity index is 1.31. The molecule has 0 radical (unpaired) electrons. The first kappa shape index (κ1) is 18.7. The summed E-state index contributed by atoms with van der Waals surface area (Å²) in [6, 6.07) is 25.0. The van der Waals surface area contributed by atoms with Gasteiger partial charge in [0.2, 0.25) is 0 Å². The lowest BCUT2D eigenvalue weighted by Crippen LogP contribution is -2.24. The van der Waals surface area contributed by atoms with Gasteiger partial charge in [-0.15, -0.1) is 0 Å². The predicted molar refractivity (Wildman–Crippen MR) is 116 cm³/mol. The molecule has 0 aliphatic carbocycles. The first-order chi connectivity index (χ1) is 14.2. The number of amides is 1. The van der Waals surface area contributed by atoms with Crippen LogP contribution in [0.2, 0.25) is 0 Å². The van der Waals surface area contributed by atoms with Crippen molar-refractivity contribution in [3.63, 3.8) is 0 Å². The van der Waals surface area contributed by atoms with Crippen LogP contribution in [0.4, 0.5) is 0 Å². The van der Waals surface area contributed by atoms with Crippen LogP contribution < -0.4 is 5.32 Å². The minimum Gasteiger partial charge on any atom is -0.508 e. The van der Waals surface area contributed by atoms with Gasteiger partial charge in [-0.2, -0.15) is 0 Å². The lowest BCUT2D eigenvalue weighted by Gasteiger charge is -2.07. The summed E-state index contributed by atoms with van der Waals surface area (Å²) in [5.41, 5.74) is 5.05. The Morgan fingerprint density at radius 3 is 2.45 bits per heavy atom. The summed E-state index contributed by atoms with van der Waals surface area (Å²) in [4.78, 5) is 16.6. The van der Waals surface area contributed by atoms with Crippen LogP contribution in [0.25, 0.3) is 22.0 Å². The van der Waals surface area contributed by atoms with E-state index in [0.717, 1.165) is 34.9 Å². The van der Waals surface area contributed by atoms with Crippen LogP contribution in [0.15, 0.2) is 85.1 Å². The number of nitrogens with zero attached hydrogens (tertiary/aromatic N) is 1. The lowest BCUT2D eigenvalue weighted by atomic mass is 10.0. The third-order valence-corrected chi connectivity index (χ3v) is 4.94. The Hall–Kier alpha value is -3.66. The predicted octanol–water partition coefficient (Wildman–Crippen LogP) is 4.97. The lowest BCUT2D eigenvalue weighted by molar-refractivity contribution is 0.0953. The molecule has 0 aliphatic heterocycles. The number of phenolic OH excluding ortho intramolecular Hbond substituents is 1. The van der Waals surface area contributed by atoms with Crippen LogP contribution in [-0.2, 0) is 6.42 Å². The normalized spacial score (nSPS) is 10.8. The van der Waals surface area contributed by atoms with Crippen molar-refractivity contribution in [3.8, 4) is 16.9 Å². The molecule has 2 N–H and O–H groups in total. The van der Waals surface area contributed by atoms with Gasteiger partial charge in [0.15, 0.2) is 0 Å². The maximum atomic E-state index is 12.1. The number of hydrogen-bond donors (Lipinski definition) is 2. The number of nitrogens with one attached hydrogen (secondary N) is 1. The van der Waals surface area contributed by atoms with E-state index in [4.69, 9.17) is 0 Å². The molecule has 1 amide bonds. The van der Waals surface area contributed by atoms with E-state index in [-0.39, 0.29) is 11.7 Å². The summed E-state index contributed by atoms with van der Waals surface area (Å²) >= 11 is 0. The largest absolute Gasteiger partial charge is 0.508 e. The Kier molecular flexibility index (Phi) is 5.52.